The quantitative estimate of drug-likeness (QED) is 0.840. The Morgan fingerprint density at radius 3 is 2.75 bits per heavy atom. The van der Waals surface area contributed by atoms with Gasteiger partial charge < -0.3 is 5.32 Å². The molecule has 0 fully saturated rings. The predicted octanol–water partition coefficient (Wildman–Crippen LogP) is 2.19. The number of carbonyl (C=O) groups is 1. The number of aliphatic imine (C=N–C) groups is 1. The van der Waals surface area contributed by atoms with Gasteiger partial charge in [0, 0.05) is 11.4 Å². The predicted molar refractivity (Wildman–Crippen MR) is 64.8 cm³/mol. The van der Waals surface area contributed by atoms with Gasteiger partial charge in [0.25, 0.3) is 5.91 Å². The number of amides is 1. The number of carbonyl (C=O) groups excluding carboxylic acids is 1. The van der Waals surface area contributed by atoms with E-state index in [2.05, 4.69) is 10.3 Å². The minimum Gasteiger partial charge on any atom is -0.312 e. The Labute approximate surface area is 99.5 Å². The van der Waals surface area contributed by atoms with E-state index in [0.29, 0.717) is 17.3 Å². The first-order valence-corrected chi connectivity index (χ1v) is 5.50. The summed E-state index contributed by atoms with van der Waals surface area (Å²) in [5.41, 5.74) is 0.401. The summed E-state index contributed by atoms with van der Waals surface area (Å²) in [4.78, 5) is 15.9. The summed E-state index contributed by atoms with van der Waals surface area (Å²) in [7, 11) is 0. The molecule has 84 valence electrons. The monoisotopic (exact) mass is 236 g/mol. The molecule has 1 heterocycles. The smallest absolute Gasteiger partial charge is 0.252 e. The summed E-state index contributed by atoms with van der Waals surface area (Å²) < 4.78 is 0. The average Bonchev–Trinajstić information content (AvgIpc) is 2.40. The van der Waals surface area contributed by atoms with Crippen LogP contribution in [0, 0.1) is 0 Å². The number of benzene rings is 1. The first-order chi connectivity index (χ1) is 7.47. The van der Waals surface area contributed by atoms with Gasteiger partial charge in [0.15, 0.2) is 0 Å². The normalized spacial score (nSPS) is 18.2. The van der Waals surface area contributed by atoms with E-state index in [1.54, 1.807) is 13.8 Å². The van der Waals surface area contributed by atoms with E-state index in [1.807, 2.05) is 24.3 Å². The van der Waals surface area contributed by atoms with Crippen molar-refractivity contribution < 1.29 is 4.79 Å². The lowest BCUT2D eigenvalue weighted by molar-refractivity contribution is -0.122. The third kappa shape index (κ3) is 2.25. The van der Waals surface area contributed by atoms with E-state index < -0.39 is 5.54 Å². The van der Waals surface area contributed by atoms with Crippen LogP contribution in [0.1, 0.15) is 19.4 Å². The molecule has 1 aliphatic rings. The Morgan fingerprint density at radius 2 is 2.19 bits per heavy atom. The van der Waals surface area contributed by atoms with Crippen molar-refractivity contribution in [3.63, 3.8) is 0 Å². The Kier molecular flexibility index (Phi) is 2.72. The van der Waals surface area contributed by atoms with Gasteiger partial charge in [0.1, 0.15) is 11.4 Å². The molecule has 0 saturated heterocycles. The molecule has 0 unspecified atom stereocenters. The molecule has 3 nitrogen and oxygen atoms in total. The lowest BCUT2D eigenvalue weighted by Gasteiger charge is -2.07. The van der Waals surface area contributed by atoms with Gasteiger partial charge >= 0.3 is 0 Å². The van der Waals surface area contributed by atoms with Crippen LogP contribution < -0.4 is 5.32 Å². The number of hydrogen-bond donors (Lipinski definition) is 1. The van der Waals surface area contributed by atoms with E-state index in [1.165, 1.54) is 0 Å². The van der Waals surface area contributed by atoms with Crippen LogP contribution in [-0.4, -0.2) is 17.3 Å². The SMILES string of the molecule is CC1(C)N=C(Cc2cccc(Cl)c2)NC1=O. The van der Waals surface area contributed by atoms with Crippen LogP contribution >= 0.6 is 11.6 Å². The van der Waals surface area contributed by atoms with E-state index in [9.17, 15) is 4.79 Å². The lowest BCUT2D eigenvalue weighted by Crippen LogP contribution is -2.34. The molecule has 1 aromatic rings. The lowest BCUT2D eigenvalue weighted by atomic mass is 10.1. The minimum absolute atomic E-state index is 0.0514. The van der Waals surface area contributed by atoms with Crippen molar-refractivity contribution in [2.75, 3.05) is 0 Å². The number of rotatable bonds is 2. The fourth-order valence-electron chi connectivity index (χ4n) is 1.62. The number of halogens is 1. The number of amidine groups is 1. The zero-order valence-corrected chi connectivity index (χ0v) is 10.0. The Hall–Kier alpha value is -1.35. The van der Waals surface area contributed by atoms with E-state index >= 15 is 0 Å². The Balaban J connectivity index is 2.16. The van der Waals surface area contributed by atoms with Crippen molar-refractivity contribution in [3.8, 4) is 0 Å². The van der Waals surface area contributed by atoms with Crippen molar-refractivity contribution in [1.82, 2.24) is 5.32 Å². The van der Waals surface area contributed by atoms with Gasteiger partial charge in [-0.15, -0.1) is 0 Å². The van der Waals surface area contributed by atoms with Gasteiger partial charge in [0.2, 0.25) is 0 Å². The summed E-state index contributed by atoms with van der Waals surface area (Å²) in [5.74, 6) is 0.654. The van der Waals surface area contributed by atoms with Gasteiger partial charge in [-0.3, -0.25) is 9.79 Å². The zero-order chi connectivity index (χ0) is 11.8. The van der Waals surface area contributed by atoms with Crippen LogP contribution in [0.25, 0.3) is 0 Å². The third-order valence-corrected chi connectivity index (χ3v) is 2.72. The molecule has 0 saturated carbocycles. The second-order valence-electron chi connectivity index (χ2n) is 4.38. The highest BCUT2D eigenvalue weighted by molar-refractivity contribution is 6.30. The summed E-state index contributed by atoms with van der Waals surface area (Å²) >= 11 is 5.89. The largest absolute Gasteiger partial charge is 0.312 e. The van der Waals surface area contributed by atoms with Crippen LogP contribution in [0.3, 0.4) is 0 Å². The summed E-state index contributed by atoms with van der Waals surface area (Å²) in [5, 5.41) is 3.48. The van der Waals surface area contributed by atoms with Crippen LogP contribution in [0.4, 0.5) is 0 Å². The highest BCUT2D eigenvalue weighted by Crippen LogP contribution is 2.17. The van der Waals surface area contributed by atoms with Crippen LogP contribution in [0.15, 0.2) is 29.3 Å². The Morgan fingerprint density at radius 1 is 1.44 bits per heavy atom. The van der Waals surface area contributed by atoms with Crippen molar-refractivity contribution in [2.24, 2.45) is 4.99 Å². The molecule has 4 heteroatoms. The molecule has 0 bridgehead atoms. The van der Waals surface area contributed by atoms with Crippen molar-refractivity contribution in [1.29, 1.82) is 0 Å². The standard InChI is InChI=1S/C12H13ClN2O/c1-12(2)11(16)14-10(15-12)7-8-4-3-5-9(13)6-8/h3-6H,7H2,1-2H3,(H,14,15,16). The Bertz CT molecular complexity index is 466. The van der Waals surface area contributed by atoms with Crippen molar-refractivity contribution in [3.05, 3.63) is 34.9 Å². The molecule has 0 aromatic heterocycles. The molecule has 1 aliphatic heterocycles. The van der Waals surface area contributed by atoms with E-state index in [-0.39, 0.29) is 5.91 Å². The number of hydrogen-bond acceptors (Lipinski definition) is 2. The summed E-state index contributed by atoms with van der Waals surface area (Å²) in [6.45, 7) is 3.60. The second kappa shape index (κ2) is 3.91. The van der Waals surface area contributed by atoms with Crippen LogP contribution in [0.5, 0.6) is 0 Å². The minimum atomic E-state index is -0.645. The number of nitrogens with one attached hydrogen (secondary N) is 1. The van der Waals surface area contributed by atoms with Gasteiger partial charge in [-0.1, -0.05) is 23.7 Å². The summed E-state index contributed by atoms with van der Waals surface area (Å²) in [6, 6.07) is 7.55. The molecule has 0 spiro atoms. The molecule has 0 aliphatic carbocycles. The maximum atomic E-state index is 11.5. The molecule has 0 atom stereocenters. The van der Waals surface area contributed by atoms with Gasteiger partial charge in [-0.2, -0.15) is 0 Å². The van der Waals surface area contributed by atoms with Gasteiger partial charge in [-0.25, -0.2) is 0 Å². The second-order valence-corrected chi connectivity index (χ2v) is 4.81. The fourth-order valence-corrected chi connectivity index (χ4v) is 1.84. The van der Waals surface area contributed by atoms with Gasteiger partial charge in [0.05, 0.1) is 0 Å². The average molecular weight is 237 g/mol. The maximum Gasteiger partial charge on any atom is 0.252 e. The highest BCUT2D eigenvalue weighted by atomic mass is 35.5. The van der Waals surface area contributed by atoms with Crippen molar-refractivity contribution >= 4 is 23.3 Å². The molecule has 16 heavy (non-hydrogen) atoms. The van der Waals surface area contributed by atoms with Crippen LogP contribution in [-0.2, 0) is 11.2 Å². The van der Waals surface area contributed by atoms with Crippen molar-refractivity contribution in [2.45, 2.75) is 25.8 Å². The first kappa shape index (κ1) is 11.1. The highest BCUT2D eigenvalue weighted by Gasteiger charge is 2.33. The molecule has 1 N–H and O–H groups in total. The molecule has 2 rings (SSSR count). The maximum absolute atomic E-state index is 11.5. The molecular weight excluding hydrogens is 224 g/mol. The van der Waals surface area contributed by atoms with Gasteiger partial charge in [-0.05, 0) is 31.5 Å². The fraction of sp³-hybridized carbons (Fsp3) is 0.333. The molecule has 1 aromatic carbocycles. The topological polar surface area (TPSA) is 41.5 Å². The van der Waals surface area contributed by atoms with E-state index in [0.717, 1.165) is 5.56 Å². The molecular formula is C12H13ClN2O. The zero-order valence-electron chi connectivity index (χ0n) is 9.25. The molecule has 0 radical (unpaired) electrons. The first-order valence-electron chi connectivity index (χ1n) is 5.12. The molecule has 1 amide bonds. The number of nitrogens with zero attached hydrogens (tertiary/aromatic N) is 1. The third-order valence-electron chi connectivity index (χ3n) is 2.49. The van der Waals surface area contributed by atoms with Crippen LogP contribution in [0.2, 0.25) is 5.02 Å². The van der Waals surface area contributed by atoms with E-state index in [4.69, 9.17) is 11.6 Å². The summed E-state index contributed by atoms with van der Waals surface area (Å²) in [6.07, 6.45) is 0.607.